The SMILES string of the molecule is Cc1ccc(OC2CCN(C(=O)c3cncc(CC4CCNC4)c3)CC2)cc1.Cl.Cl. The first-order chi connectivity index (χ1) is 13.7. The van der Waals surface area contributed by atoms with E-state index in [0.717, 1.165) is 56.8 Å². The van der Waals surface area contributed by atoms with Crippen molar-refractivity contribution < 1.29 is 9.53 Å². The third-order valence-electron chi connectivity index (χ3n) is 5.78. The van der Waals surface area contributed by atoms with E-state index in [1.54, 1.807) is 6.20 Å². The number of aryl methyl sites for hydroxylation is 1. The van der Waals surface area contributed by atoms with Crippen molar-refractivity contribution in [1.29, 1.82) is 0 Å². The first-order valence-electron chi connectivity index (χ1n) is 10.3. The van der Waals surface area contributed by atoms with Gasteiger partial charge in [0.05, 0.1) is 5.56 Å². The average Bonchev–Trinajstić information content (AvgIpc) is 3.23. The number of amides is 1. The summed E-state index contributed by atoms with van der Waals surface area (Å²) in [6.45, 7) is 5.68. The summed E-state index contributed by atoms with van der Waals surface area (Å²) >= 11 is 0. The second-order valence-corrected chi connectivity index (χ2v) is 8.07. The lowest BCUT2D eigenvalue weighted by Crippen LogP contribution is -2.41. The van der Waals surface area contributed by atoms with Gasteiger partial charge in [0.25, 0.3) is 5.91 Å². The van der Waals surface area contributed by atoms with Crippen LogP contribution in [0, 0.1) is 12.8 Å². The number of hydrogen-bond donors (Lipinski definition) is 1. The second-order valence-electron chi connectivity index (χ2n) is 8.07. The van der Waals surface area contributed by atoms with Crippen LogP contribution in [0.3, 0.4) is 0 Å². The number of pyridine rings is 1. The Balaban J connectivity index is 0.00000160. The zero-order chi connectivity index (χ0) is 19.3. The van der Waals surface area contributed by atoms with Gasteiger partial charge in [-0.15, -0.1) is 24.8 Å². The van der Waals surface area contributed by atoms with Crippen LogP contribution in [0.1, 0.15) is 40.7 Å². The van der Waals surface area contributed by atoms with Gasteiger partial charge < -0.3 is 15.0 Å². The van der Waals surface area contributed by atoms with Crippen molar-refractivity contribution in [2.24, 2.45) is 5.92 Å². The van der Waals surface area contributed by atoms with Gasteiger partial charge in [0.1, 0.15) is 11.9 Å². The van der Waals surface area contributed by atoms with E-state index in [1.807, 2.05) is 29.3 Å². The van der Waals surface area contributed by atoms with Gasteiger partial charge in [-0.05, 0) is 62.5 Å². The molecule has 2 fully saturated rings. The molecule has 1 aromatic heterocycles. The molecule has 2 aliphatic rings. The van der Waals surface area contributed by atoms with Gasteiger partial charge in [0.15, 0.2) is 0 Å². The lowest BCUT2D eigenvalue weighted by atomic mass is 9.98. The zero-order valence-electron chi connectivity index (χ0n) is 17.4. The number of nitrogens with zero attached hydrogens (tertiary/aromatic N) is 2. The van der Waals surface area contributed by atoms with Crippen LogP contribution in [0.25, 0.3) is 0 Å². The molecule has 4 rings (SSSR count). The molecule has 1 aromatic carbocycles. The minimum absolute atomic E-state index is 0. The van der Waals surface area contributed by atoms with Gasteiger partial charge in [-0.25, -0.2) is 0 Å². The van der Waals surface area contributed by atoms with Crippen molar-refractivity contribution >= 4 is 30.7 Å². The van der Waals surface area contributed by atoms with Crippen molar-refractivity contribution in [3.8, 4) is 5.75 Å². The predicted molar refractivity (Wildman–Crippen MR) is 124 cm³/mol. The molecule has 0 spiro atoms. The summed E-state index contributed by atoms with van der Waals surface area (Å²) < 4.78 is 6.08. The third kappa shape index (κ3) is 6.34. The molecule has 164 valence electrons. The highest BCUT2D eigenvalue weighted by atomic mass is 35.5. The van der Waals surface area contributed by atoms with E-state index in [2.05, 4.69) is 29.4 Å². The number of rotatable bonds is 5. The molecule has 2 aliphatic heterocycles. The van der Waals surface area contributed by atoms with Crippen LogP contribution in [-0.4, -0.2) is 48.1 Å². The number of hydrogen-bond acceptors (Lipinski definition) is 4. The van der Waals surface area contributed by atoms with Crippen molar-refractivity contribution in [2.75, 3.05) is 26.2 Å². The van der Waals surface area contributed by atoms with Gasteiger partial charge in [0.2, 0.25) is 0 Å². The normalized spacial score (nSPS) is 19.0. The monoisotopic (exact) mass is 451 g/mol. The summed E-state index contributed by atoms with van der Waals surface area (Å²) in [5.74, 6) is 1.66. The van der Waals surface area contributed by atoms with Gasteiger partial charge >= 0.3 is 0 Å². The minimum atomic E-state index is 0. The smallest absolute Gasteiger partial charge is 0.255 e. The average molecular weight is 452 g/mol. The summed E-state index contributed by atoms with van der Waals surface area (Å²) in [6.07, 6.45) is 7.69. The molecule has 1 amide bonds. The molecule has 1 unspecified atom stereocenters. The largest absolute Gasteiger partial charge is 0.490 e. The van der Waals surface area contributed by atoms with E-state index >= 15 is 0 Å². The van der Waals surface area contributed by atoms with Crippen molar-refractivity contribution in [1.82, 2.24) is 15.2 Å². The fraction of sp³-hybridized carbons (Fsp3) is 0.478. The van der Waals surface area contributed by atoms with Crippen LogP contribution >= 0.6 is 24.8 Å². The molecular weight excluding hydrogens is 421 g/mol. The Hall–Kier alpha value is -1.82. The fourth-order valence-electron chi connectivity index (χ4n) is 4.11. The van der Waals surface area contributed by atoms with Crippen LogP contribution in [0.15, 0.2) is 42.7 Å². The molecule has 0 bridgehead atoms. The van der Waals surface area contributed by atoms with E-state index in [0.29, 0.717) is 11.5 Å². The molecular formula is C23H31Cl2N3O2. The summed E-state index contributed by atoms with van der Waals surface area (Å²) in [5.41, 5.74) is 3.10. The number of aromatic nitrogens is 1. The highest BCUT2D eigenvalue weighted by Gasteiger charge is 2.25. The Morgan fingerprint density at radius 2 is 1.87 bits per heavy atom. The van der Waals surface area contributed by atoms with Gasteiger partial charge in [-0.2, -0.15) is 0 Å². The van der Waals surface area contributed by atoms with E-state index in [-0.39, 0.29) is 36.8 Å². The topological polar surface area (TPSA) is 54.5 Å². The molecule has 3 heterocycles. The lowest BCUT2D eigenvalue weighted by Gasteiger charge is -2.32. The maximum atomic E-state index is 12.9. The minimum Gasteiger partial charge on any atom is -0.490 e. The molecule has 2 aromatic rings. The summed E-state index contributed by atoms with van der Waals surface area (Å²) in [6, 6.07) is 10.2. The molecule has 1 N–H and O–H groups in total. The maximum absolute atomic E-state index is 12.9. The van der Waals surface area contributed by atoms with Gasteiger partial charge in [-0.1, -0.05) is 17.7 Å². The first kappa shape index (κ1) is 24.4. The molecule has 1 atom stereocenters. The van der Waals surface area contributed by atoms with Crippen LogP contribution in [-0.2, 0) is 6.42 Å². The summed E-state index contributed by atoms with van der Waals surface area (Å²) in [7, 11) is 0. The maximum Gasteiger partial charge on any atom is 0.255 e. The number of carbonyl (C=O) groups is 1. The van der Waals surface area contributed by atoms with Crippen molar-refractivity contribution in [3.63, 3.8) is 0 Å². The predicted octanol–water partition coefficient (Wildman–Crippen LogP) is 4.07. The number of ether oxygens (including phenoxy) is 1. The van der Waals surface area contributed by atoms with Crippen molar-refractivity contribution in [3.05, 3.63) is 59.4 Å². The van der Waals surface area contributed by atoms with E-state index < -0.39 is 0 Å². The Labute approximate surface area is 191 Å². The van der Waals surface area contributed by atoms with Gasteiger partial charge in [-0.3, -0.25) is 9.78 Å². The Morgan fingerprint density at radius 1 is 1.13 bits per heavy atom. The number of likely N-dealkylation sites (tertiary alicyclic amines) is 1. The quantitative estimate of drug-likeness (QED) is 0.743. The zero-order valence-corrected chi connectivity index (χ0v) is 19.0. The fourth-order valence-corrected chi connectivity index (χ4v) is 4.11. The molecule has 2 saturated heterocycles. The van der Waals surface area contributed by atoms with Crippen LogP contribution in [0.2, 0.25) is 0 Å². The Bertz CT molecular complexity index is 802. The van der Waals surface area contributed by atoms with E-state index in [1.165, 1.54) is 12.0 Å². The first-order valence-corrected chi connectivity index (χ1v) is 10.3. The second kappa shape index (κ2) is 11.5. The number of nitrogens with one attached hydrogen (secondary N) is 1. The van der Waals surface area contributed by atoms with E-state index in [9.17, 15) is 4.79 Å². The Kier molecular flexibility index (Phi) is 9.40. The molecule has 30 heavy (non-hydrogen) atoms. The lowest BCUT2D eigenvalue weighted by molar-refractivity contribution is 0.0595. The Morgan fingerprint density at radius 3 is 2.53 bits per heavy atom. The molecule has 0 radical (unpaired) electrons. The summed E-state index contributed by atoms with van der Waals surface area (Å²) in [5, 5.41) is 3.40. The van der Waals surface area contributed by atoms with Crippen LogP contribution in [0.5, 0.6) is 5.75 Å². The standard InChI is InChI=1S/C23H29N3O2.2ClH/c1-17-2-4-21(5-3-17)28-22-7-10-26(11-8-22)23(27)20-13-19(15-25-16-20)12-18-6-9-24-14-18;;/h2-5,13,15-16,18,22,24H,6-12,14H2,1H3;2*1H. The van der Waals surface area contributed by atoms with Crippen LogP contribution < -0.4 is 10.1 Å². The number of benzene rings is 1. The number of carbonyl (C=O) groups excluding carboxylic acids is 1. The molecule has 5 nitrogen and oxygen atoms in total. The number of piperidine rings is 1. The van der Waals surface area contributed by atoms with E-state index in [4.69, 9.17) is 4.74 Å². The highest BCUT2D eigenvalue weighted by Crippen LogP contribution is 2.21. The number of halogens is 2. The third-order valence-corrected chi connectivity index (χ3v) is 5.78. The molecule has 0 saturated carbocycles. The van der Waals surface area contributed by atoms with Gasteiger partial charge in [0, 0.05) is 38.3 Å². The summed E-state index contributed by atoms with van der Waals surface area (Å²) in [4.78, 5) is 19.2. The van der Waals surface area contributed by atoms with Crippen molar-refractivity contribution in [2.45, 2.75) is 38.7 Å². The molecule has 7 heteroatoms. The molecule has 0 aliphatic carbocycles. The highest BCUT2D eigenvalue weighted by molar-refractivity contribution is 5.94. The van der Waals surface area contributed by atoms with Crippen LogP contribution in [0.4, 0.5) is 0 Å².